The summed E-state index contributed by atoms with van der Waals surface area (Å²) < 4.78 is 14.8. The van der Waals surface area contributed by atoms with Crippen LogP contribution in [0.3, 0.4) is 0 Å². The summed E-state index contributed by atoms with van der Waals surface area (Å²) in [5.41, 5.74) is 0. The molecule has 0 amide bonds. The summed E-state index contributed by atoms with van der Waals surface area (Å²) >= 11 is 0. The highest BCUT2D eigenvalue weighted by Crippen LogP contribution is 2.07. The maximum Gasteiger partial charge on any atom is 0.309 e. The summed E-state index contributed by atoms with van der Waals surface area (Å²) in [6.07, 6.45) is -2.49. The monoisotopic (exact) mass is 346 g/mol. The third kappa shape index (κ3) is 12.6. The van der Waals surface area contributed by atoms with Crippen LogP contribution < -0.4 is 0 Å². The fourth-order valence-corrected chi connectivity index (χ4v) is 1.71. The summed E-state index contributed by atoms with van der Waals surface area (Å²) in [5, 5.41) is 9.06. The van der Waals surface area contributed by atoms with Crippen LogP contribution in [0, 0.1) is 0 Å². The summed E-state index contributed by atoms with van der Waals surface area (Å²) in [6, 6.07) is 0. The molecular weight excluding hydrogens is 320 g/mol. The van der Waals surface area contributed by atoms with Gasteiger partial charge < -0.3 is 19.3 Å². The first-order valence-corrected chi connectivity index (χ1v) is 7.82. The molecular formula is C16H26O8. The van der Waals surface area contributed by atoms with Crippen molar-refractivity contribution < 1.29 is 38.5 Å². The molecule has 0 aliphatic carbocycles. The van der Waals surface area contributed by atoms with Crippen molar-refractivity contribution in [3.8, 4) is 0 Å². The summed E-state index contributed by atoms with van der Waals surface area (Å²) in [5.74, 6) is -1.86. The fourth-order valence-electron chi connectivity index (χ4n) is 1.71. The first-order chi connectivity index (χ1) is 11.1. The molecule has 0 aromatic carbocycles. The quantitative estimate of drug-likeness (QED) is 0.434. The molecule has 0 aliphatic rings. The van der Waals surface area contributed by atoms with E-state index in [1.54, 1.807) is 0 Å². The van der Waals surface area contributed by atoms with Crippen LogP contribution in [0.25, 0.3) is 0 Å². The summed E-state index contributed by atoms with van der Waals surface area (Å²) in [6.45, 7) is 5.92. The molecule has 0 aromatic heterocycles. The van der Waals surface area contributed by atoms with E-state index in [4.69, 9.17) is 19.3 Å². The molecule has 0 fully saturated rings. The van der Waals surface area contributed by atoms with E-state index in [2.05, 4.69) is 0 Å². The van der Waals surface area contributed by atoms with E-state index in [9.17, 15) is 19.2 Å². The maximum absolute atomic E-state index is 11.7. The third-order valence-electron chi connectivity index (χ3n) is 2.75. The van der Waals surface area contributed by atoms with Crippen molar-refractivity contribution in [1.82, 2.24) is 0 Å². The van der Waals surface area contributed by atoms with Gasteiger partial charge in [0.1, 0.15) is 18.0 Å². The molecule has 0 spiro atoms. The molecule has 3 atom stereocenters. The van der Waals surface area contributed by atoms with Gasteiger partial charge in [0, 0.05) is 6.42 Å². The minimum Gasteiger partial charge on any atom is -0.465 e. The number of carbonyl (C=O) groups is 4. The lowest BCUT2D eigenvalue weighted by atomic mass is 10.2. The Labute approximate surface area is 141 Å². The van der Waals surface area contributed by atoms with Gasteiger partial charge in [-0.15, -0.1) is 0 Å². The van der Waals surface area contributed by atoms with Gasteiger partial charge in [0.05, 0.1) is 32.0 Å². The maximum atomic E-state index is 11.7. The van der Waals surface area contributed by atoms with Crippen molar-refractivity contribution in [2.24, 2.45) is 0 Å². The molecule has 8 heteroatoms. The van der Waals surface area contributed by atoms with Gasteiger partial charge in [0.25, 0.3) is 0 Å². The summed E-state index contributed by atoms with van der Waals surface area (Å²) in [7, 11) is 0. The van der Waals surface area contributed by atoms with Crippen molar-refractivity contribution in [3.63, 3.8) is 0 Å². The van der Waals surface area contributed by atoms with Crippen LogP contribution in [0.5, 0.6) is 0 Å². The van der Waals surface area contributed by atoms with Crippen molar-refractivity contribution in [2.75, 3.05) is 6.61 Å². The average molecular weight is 346 g/mol. The average Bonchev–Trinajstić information content (AvgIpc) is 2.35. The van der Waals surface area contributed by atoms with Crippen LogP contribution in [0.2, 0.25) is 0 Å². The molecule has 138 valence electrons. The van der Waals surface area contributed by atoms with Gasteiger partial charge in [-0.1, -0.05) is 0 Å². The zero-order chi connectivity index (χ0) is 18.7. The van der Waals surface area contributed by atoms with Crippen LogP contribution in [0.1, 0.15) is 53.4 Å². The highest BCUT2D eigenvalue weighted by molar-refractivity contribution is 5.76. The lowest BCUT2D eigenvalue weighted by Gasteiger charge is -2.16. The van der Waals surface area contributed by atoms with Crippen LogP contribution in [-0.2, 0) is 33.4 Å². The van der Waals surface area contributed by atoms with Crippen LogP contribution in [0.4, 0.5) is 0 Å². The topological polar surface area (TPSA) is 116 Å². The van der Waals surface area contributed by atoms with Gasteiger partial charge in [0.15, 0.2) is 0 Å². The van der Waals surface area contributed by atoms with E-state index < -0.39 is 36.2 Å². The number of ketones is 1. The van der Waals surface area contributed by atoms with Crippen LogP contribution in [0.15, 0.2) is 0 Å². The number of ether oxygens (including phenoxy) is 3. The van der Waals surface area contributed by atoms with Gasteiger partial charge in [0.2, 0.25) is 0 Å². The SMILES string of the molecule is CC(=O)CCOC(=O)C[C@@H](C)OC(=O)C[C@@H](C)OC(=O)C[C@@H](C)O. The molecule has 0 saturated carbocycles. The fraction of sp³-hybridized carbons (Fsp3) is 0.750. The number of carbonyl (C=O) groups excluding carboxylic acids is 4. The molecule has 1 N–H and O–H groups in total. The summed E-state index contributed by atoms with van der Waals surface area (Å²) in [4.78, 5) is 45.2. The Morgan fingerprint density at radius 3 is 1.75 bits per heavy atom. The number of aliphatic hydroxyl groups excluding tert-OH is 1. The number of hydrogen-bond donors (Lipinski definition) is 1. The van der Waals surface area contributed by atoms with Crippen molar-refractivity contribution in [2.45, 2.75) is 71.7 Å². The highest BCUT2D eigenvalue weighted by Gasteiger charge is 2.19. The van der Waals surface area contributed by atoms with E-state index >= 15 is 0 Å². The van der Waals surface area contributed by atoms with Gasteiger partial charge in [-0.05, 0) is 27.7 Å². The van der Waals surface area contributed by atoms with Gasteiger partial charge in [-0.25, -0.2) is 0 Å². The van der Waals surface area contributed by atoms with Crippen LogP contribution in [-0.4, -0.2) is 53.7 Å². The van der Waals surface area contributed by atoms with Gasteiger partial charge in [-0.2, -0.15) is 0 Å². The number of hydrogen-bond acceptors (Lipinski definition) is 8. The highest BCUT2D eigenvalue weighted by atomic mass is 16.6. The Balaban J connectivity index is 4.02. The van der Waals surface area contributed by atoms with E-state index in [1.165, 1.54) is 27.7 Å². The molecule has 0 rings (SSSR count). The second-order valence-electron chi connectivity index (χ2n) is 5.73. The van der Waals surface area contributed by atoms with Crippen molar-refractivity contribution >= 4 is 23.7 Å². The predicted octanol–water partition coefficient (Wildman–Crippen LogP) is 0.923. The Morgan fingerprint density at radius 2 is 1.29 bits per heavy atom. The molecule has 0 saturated heterocycles. The molecule has 0 bridgehead atoms. The minimum absolute atomic E-state index is 0.00506. The first-order valence-electron chi connectivity index (χ1n) is 7.82. The second kappa shape index (κ2) is 11.6. The number of rotatable bonds is 11. The Bertz CT molecular complexity index is 443. The Hall–Kier alpha value is -1.96. The molecule has 0 aromatic rings. The predicted molar refractivity (Wildman–Crippen MR) is 82.9 cm³/mol. The number of esters is 3. The number of Topliss-reactive ketones (excluding diaryl/α,β-unsaturated/α-hetero) is 1. The molecule has 0 aliphatic heterocycles. The van der Waals surface area contributed by atoms with Crippen molar-refractivity contribution in [3.05, 3.63) is 0 Å². The lowest BCUT2D eigenvalue weighted by Crippen LogP contribution is -2.25. The third-order valence-corrected chi connectivity index (χ3v) is 2.75. The minimum atomic E-state index is -0.814. The number of aliphatic hydroxyl groups is 1. The van der Waals surface area contributed by atoms with E-state index in [1.807, 2.05) is 0 Å². The van der Waals surface area contributed by atoms with E-state index in [-0.39, 0.29) is 38.1 Å². The Morgan fingerprint density at radius 1 is 0.833 bits per heavy atom. The van der Waals surface area contributed by atoms with Crippen molar-refractivity contribution in [1.29, 1.82) is 0 Å². The molecule has 0 heterocycles. The molecule has 0 radical (unpaired) electrons. The first kappa shape index (κ1) is 22.0. The molecule has 24 heavy (non-hydrogen) atoms. The van der Waals surface area contributed by atoms with Gasteiger partial charge in [-0.3, -0.25) is 19.2 Å². The smallest absolute Gasteiger partial charge is 0.309 e. The standard InChI is InChI=1S/C16H26O8/c1-10(17)5-6-22-14(19)8-12(3)24-16(21)9-13(4)23-15(20)7-11(2)18/h11-13,18H,5-9H2,1-4H3/t11-,12-,13-/m1/s1. The largest absolute Gasteiger partial charge is 0.465 e. The second-order valence-corrected chi connectivity index (χ2v) is 5.73. The normalized spacial score (nSPS) is 14.2. The van der Waals surface area contributed by atoms with E-state index in [0.717, 1.165) is 0 Å². The van der Waals surface area contributed by atoms with Crippen LogP contribution >= 0.6 is 0 Å². The molecule has 8 nitrogen and oxygen atoms in total. The van der Waals surface area contributed by atoms with Gasteiger partial charge >= 0.3 is 17.9 Å². The lowest BCUT2D eigenvalue weighted by molar-refractivity contribution is -0.159. The van der Waals surface area contributed by atoms with E-state index in [0.29, 0.717) is 0 Å². The Kier molecular flexibility index (Phi) is 10.6. The zero-order valence-electron chi connectivity index (χ0n) is 14.6. The zero-order valence-corrected chi connectivity index (χ0v) is 14.6. The molecule has 0 unspecified atom stereocenters.